The van der Waals surface area contributed by atoms with Crippen LogP contribution in [0.4, 0.5) is 18.9 Å². The molecule has 1 rings (SSSR count). The molecule has 0 saturated heterocycles. The lowest BCUT2D eigenvalue weighted by molar-refractivity contribution is -0.137. The van der Waals surface area contributed by atoms with E-state index in [1.807, 2.05) is 13.8 Å². The van der Waals surface area contributed by atoms with Crippen molar-refractivity contribution in [3.8, 4) is 0 Å². The van der Waals surface area contributed by atoms with Crippen LogP contribution in [-0.4, -0.2) is 20.3 Å². The quantitative estimate of drug-likeness (QED) is 0.841. The van der Waals surface area contributed by atoms with Gasteiger partial charge in [-0.2, -0.15) is 13.2 Å². The zero-order chi connectivity index (χ0) is 14.5. The minimum Gasteiger partial charge on any atom is -0.385 e. The molecule has 108 valence electrons. The molecule has 1 N–H and O–H groups in total. The molecule has 0 amide bonds. The minimum atomic E-state index is -4.33. The van der Waals surface area contributed by atoms with Crippen LogP contribution in [0.15, 0.2) is 24.3 Å². The van der Waals surface area contributed by atoms with E-state index in [1.54, 1.807) is 13.2 Å². The van der Waals surface area contributed by atoms with Crippen molar-refractivity contribution in [1.29, 1.82) is 0 Å². The highest BCUT2D eigenvalue weighted by atomic mass is 19.4. The van der Waals surface area contributed by atoms with Gasteiger partial charge in [-0.1, -0.05) is 26.0 Å². The average molecular weight is 275 g/mol. The van der Waals surface area contributed by atoms with E-state index >= 15 is 0 Å². The molecule has 0 bridgehead atoms. The van der Waals surface area contributed by atoms with Gasteiger partial charge in [0.05, 0.1) is 5.56 Å². The summed E-state index contributed by atoms with van der Waals surface area (Å²) in [6.45, 7) is 5.05. The number of hydrogen-bond donors (Lipinski definition) is 1. The number of rotatable bonds is 6. The highest BCUT2D eigenvalue weighted by molar-refractivity contribution is 5.52. The normalized spacial score (nSPS) is 12.5. The molecule has 5 heteroatoms. The summed E-state index contributed by atoms with van der Waals surface area (Å²) >= 11 is 0. The standard InChI is InChI=1S/C14H20F3NO/c1-13(2,8-9-19-3)10-18-12-7-5-4-6-11(12)14(15,16)17/h4-7,18H,8-10H2,1-3H3. The lowest BCUT2D eigenvalue weighted by Gasteiger charge is -2.26. The fraction of sp³-hybridized carbons (Fsp3) is 0.571. The Labute approximate surface area is 112 Å². The molecular formula is C14H20F3NO. The molecule has 0 radical (unpaired) electrons. The van der Waals surface area contributed by atoms with Crippen molar-refractivity contribution in [3.05, 3.63) is 29.8 Å². The Morgan fingerprint density at radius 1 is 1.16 bits per heavy atom. The summed E-state index contributed by atoms with van der Waals surface area (Å²) in [6, 6.07) is 5.53. The summed E-state index contributed by atoms with van der Waals surface area (Å²) in [4.78, 5) is 0. The molecule has 19 heavy (non-hydrogen) atoms. The SMILES string of the molecule is COCCC(C)(C)CNc1ccccc1C(F)(F)F. The molecule has 0 spiro atoms. The van der Waals surface area contributed by atoms with E-state index in [0.717, 1.165) is 12.5 Å². The molecule has 0 saturated carbocycles. The Hall–Kier alpha value is -1.23. The number of para-hydroxylation sites is 1. The van der Waals surface area contributed by atoms with Crippen LogP contribution >= 0.6 is 0 Å². The van der Waals surface area contributed by atoms with Crippen LogP contribution in [0.2, 0.25) is 0 Å². The summed E-state index contributed by atoms with van der Waals surface area (Å²) in [7, 11) is 1.61. The van der Waals surface area contributed by atoms with Crippen molar-refractivity contribution in [2.24, 2.45) is 5.41 Å². The van der Waals surface area contributed by atoms with E-state index in [2.05, 4.69) is 5.32 Å². The summed E-state index contributed by atoms with van der Waals surface area (Å²) in [5.41, 5.74) is -0.632. The zero-order valence-electron chi connectivity index (χ0n) is 11.5. The van der Waals surface area contributed by atoms with Crippen LogP contribution in [0.3, 0.4) is 0 Å². The van der Waals surface area contributed by atoms with Crippen molar-refractivity contribution < 1.29 is 17.9 Å². The van der Waals surface area contributed by atoms with Gasteiger partial charge in [0.1, 0.15) is 0 Å². The molecule has 0 fully saturated rings. The Kier molecular flexibility index (Phi) is 5.23. The van der Waals surface area contributed by atoms with E-state index in [0.29, 0.717) is 13.2 Å². The fourth-order valence-electron chi connectivity index (χ4n) is 1.69. The molecular weight excluding hydrogens is 255 g/mol. The van der Waals surface area contributed by atoms with Gasteiger partial charge in [-0.15, -0.1) is 0 Å². The lowest BCUT2D eigenvalue weighted by Crippen LogP contribution is -2.25. The molecule has 1 aromatic carbocycles. The van der Waals surface area contributed by atoms with Gasteiger partial charge in [0.25, 0.3) is 0 Å². The fourth-order valence-corrected chi connectivity index (χ4v) is 1.69. The van der Waals surface area contributed by atoms with Crippen LogP contribution < -0.4 is 5.32 Å². The third-order valence-electron chi connectivity index (χ3n) is 2.97. The smallest absolute Gasteiger partial charge is 0.385 e. The van der Waals surface area contributed by atoms with Crippen molar-refractivity contribution >= 4 is 5.69 Å². The maximum atomic E-state index is 12.8. The van der Waals surface area contributed by atoms with Gasteiger partial charge in [-0.05, 0) is 24.0 Å². The Morgan fingerprint density at radius 2 is 1.79 bits per heavy atom. The third kappa shape index (κ3) is 5.11. The number of alkyl halides is 3. The first-order chi connectivity index (χ1) is 8.76. The van der Waals surface area contributed by atoms with Crippen molar-refractivity contribution in [2.75, 3.05) is 25.6 Å². The van der Waals surface area contributed by atoms with Crippen LogP contribution in [-0.2, 0) is 10.9 Å². The molecule has 0 heterocycles. The predicted octanol–water partition coefficient (Wildman–Crippen LogP) is 4.18. The molecule has 0 aromatic heterocycles. The first-order valence-corrected chi connectivity index (χ1v) is 6.15. The number of anilines is 1. The van der Waals surface area contributed by atoms with Crippen molar-refractivity contribution in [1.82, 2.24) is 0 Å². The molecule has 0 aliphatic rings. The first-order valence-electron chi connectivity index (χ1n) is 6.15. The van der Waals surface area contributed by atoms with Crippen LogP contribution in [0.5, 0.6) is 0 Å². The molecule has 0 atom stereocenters. The Bertz CT molecular complexity index is 402. The van der Waals surface area contributed by atoms with Gasteiger partial charge >= 0.3 is 6.18 Å². The minimum absolute atomic E-state index is 0.125. The summed E-state index contributed by atoms with van der Waals surface area (Å²) in [5, 5.41) is 2.89. The van der Waals surface area contributed by atoms with Crippen LogP contribution in [0, 0.1) is 5.41 Å². The van der Waals surface area contributed by atoms with Crippen LogP contribution in [0.1, 0.15) is 25.8 Å². The highest BCUT2D eigenvalue weighted by Gasteiger charge is 2.33. The molecule has 1 aromatic rings. The van der Waals surface area contributed by atoms with E-state index in [4.69, 9.17) is 4.74 Å². The van der Waals surface area contributed by atoms with Crippen molar-refractivity contribution in [2.45, 2.75) is 26.4 Å². The van der Waals surface area contributed by atoms with Gasteiger partial charge < -0.3 is 10.1 Å². The third-order valence-corrected chi connectivity index (χ3v) is 2.97. The lowest BCUT2D eigenvalue weighted by atomic mass is 9.89. The predicted molar refractivity (Wildman–Crippen MR) is 70.2 cm³/mol. The van der Waals surface area contributed by atoms with E-state index in [1.165, 1.54) is 12.1 Å². The number of benzene rings is 1. The largest absolute Gasteiger partial charge is 0.418 e. The number of nitrogens with one attached hydrogen (secondary N) is 1. The van der Waals surface area contributed by atoms with E-state index < -0.39 is 11.7 Å². The molecule has 2 nitrogen and oxygen atoms in total. The average Bonchev–Trinajstić information content (AvgIpc) is 2.33. The van der Waals surface area contributed by atoms with Crippen LogP contribution in [0.25, 0.3) is 0 Å². The Balaban J connectivity index is 2.73. The second-order valence-electron chi connectivity index (χ2n) is 5.30. The second kappa shape index (κ2) is 6.28. The van der Waals surface area contributed by atoms with Gasteiger partial charge in [-0.25, -0.2) is 0 Å². The van der Waals surface area contributed by atoms with Gasteiger partial charge in [0, 0.05) is 25.9 Å². The zero-order valence-corrected chi connectivity index (χ0v) is 11.5. The van der Waals surface area contributed by atoms with Gasteiger partial charge in [0.15, 0.2) is 0 Å². The van der Waals surface area contributed by atoms with Crippen molar-refractivity contribution in [3.63, 3.8) is 0 Å². The summed E-state index contributed by atoms with van der Waals surface area (Å²) < 4.78 is 43.4. The van der Waals surface area contributed by atoms with E-state index in [-0.39, 0.29) is 11.1 Å². The first kappa shape index (κ1) is 15.8. The second-order valence-corrected chi connectivity index (χ2v) is 5.30. The van der Waals surface area contributed by atoms with E-state index in [9.17, 15) is 13.2 Å². The molecule has 0 unspecified atom stereocenters. The molecule has 0 aliphatic heterocycles. The summed E-state index contributed by atoms with van der Waals surface area (Å²) in [5.74, 6) is 0. The molecule has 0 aliphatic carbocycles. The number of methoxy groups -OCH3 is 1. The summed E-state index contributed by atoms with van der Waals surface area (Å²) in [6.07, 6.45) is -3.55. The monoisotopic (exact) mass is 275 g/mol. The van der Waals surface area contributed by atoms with Gasteiger partial charge in [0.2, 0.25) is 0 Å². The Morgan fingerprint density at radius 3 is 2.37 bits per heavy atom. The number of ether oxygens (including phenoxy) is 1. The number of hydrogen-bond acceptors (Lipinski definition) is 2. The van der Waals surface area contributed by atoms with Gasteiger partial charge in [-0.3, -0.25) is 0 Å². The number of halogens is 3. The maximum Gasteiger partial charge on any atom is 0.418 e. The highest BCUT2D eigenvalue weighted by Crippen LogP contribution is 2.35. The maximum absolute atomic E-state index is 12.8. The topological polar surface area (TPSA) is 21.3 Å².